The second-order valence-corrected chi connectivity index (χ2v) is 5.02. The van der Waals surface area contributed by atoms with Crippen LogP contribution in [0.2, 0.25) is 0 Å². The van der Waals surface area contributed by atoms with E-state index >= 15 is 0 Å². The molecule has 1 fully saturated rings. The van der Waals surface area contributed by atoms with E-state index in [0.29, 0.717) is 39.3 Å². The Morgan fingerprint density at radius 1 is 1.26 bits per heavy atom. The van der Waals surface area contributed by atoms with Crippen molar-refractivity contribution in [2.24, 2.45) is 5.92 Å². The quantitative estimate of drug-likeness (QED) is 0.762. The normalized spacial score (nSPS) is 23.2. The maximum Gasteiger partial charge on any atom is 0.224 e. The van der Waals surface area contributed by atoms with Crippen LogP contribution in [0, 0.1) is 5.92 Å². The van der Waals surface area contributed by atoms with Crippen LogP contribution in [-0.4, -0.2) is 49.6 Å². The molecule has 1 aliphatic carbocycles. The van der Waals surface area contributed by atoms with Crippen molar-refractivity contribution in [2.45, 2.75) is 25.7 Å². The molecular formula is C14H22N2O3. The molecule has 0 radical (unpaired) electrons. The van der Waals surface area contributed by atoms with E-state index in [-0.39, 0.29) is 17.7 Å². The summed E-state index contributed by atoms with van der Waals surface area (Å²) in [5.41, 5.74) is 0. The molecule has 0 saturated carbocycles. The van der Waals surface area contributed by atoms with Gasteiger partial charge in [0.25, 0.3) is 0 Å². The van der Waals surface area contributed by atoms with Gasteiger partial charge >= 0.3 is 0 Å². The third-order valence-corrected chi connectivity index (χ3v) is 3.64. The first kappa shape index (κ1) is 14.1. The molecule has 0 bridgehead atoms. The topological polar surface area (TPSA) is 58.6 Å². The molecule has 0 spiro atoms. The minimum Gasteiger partial charge on any atom is -0.378 e. The summed E-state index contributed by atoms with van der Waals surface area (Å²) in [5.74, 6) is 0.273. The summed E-state index contributed by atoms with van der Waals surface area (Å²) in [6.07, 6.45) is 7.28. The van der Waals surface area contributed by atoms with Crippen LogP contribution in [0.3, 0.4) is 0 Å². The van der Waals surface area contributed by atoms with E-state index in [1.54, 1.807) is 4.90 Å². The van der Waals surface area contributed by atoms with Crippen LogP contribution in [-0.2, 0) is 14.3 Å². The average molecular weight is 266 g/mol. The fourth-order valence-corrected chi connectivity index (χ4v) is 2.44. The van der Waals surface area contributed by atoms with Gasteiger partial charge in [0.05, 0.1) is 13.2 Å². The van der Waals surface area contributed by atoms with E-state index < -0.39 is 0 Å². The zero-order valence-corrected chi connectivity index (χ0v) is 11.3. The summed E-state index contributed by atoms with van der Waals surface area (Å²) < 4.78 is 5.20. The Morgan fingerprint density at radius 3 is 2.74 bits per heavy atom. The van der Waals surface area contributed by atoms with Gasteiger partial charge in [-0.15, -0.1) is 0 Å². The molecular weight excluding hydrogens is 244 g/mol. The Morgan fingerprint density at radius 2 is 2.05 bits per heavy atom. The number of carbonyl (C=O) groups excluding carboxylic acids is 2. The largest absolute Gasteiger partial charge is 0.378 e. The van der Waals surface area contributed by atoms with Crippen LogP contribution in [0.15, 0.2) is 12.2 Å². The van der Waals surface area contributed by atoms with Gasteiger partial charge in [-0.25, -0.2) is 0 Å². The summed E-state index contributed by atoms with van der Waals surface area (Å²) >= 11 is 0. The van der Waals surface area contributed by atoms with E-state index in [9.17, 15) is 9.59 Å². The zero-order valence-electron chi connectivity index (χ0n) is 11.3. The van der Waals surface area contributed by atoms with E-state index in [2.05, 4.69) is 17.5 Å². The van der Waals surface area contributed by atoms with Gasteiger partial charge in [-0.2, -0.15) is 0 Å². The zero-order chi connectivity index (χ0) is 13.5. The highest BCUT2D eigenvalue weighted by Gasteiger charge is 2.20. The molecule has 2 amide bonds. The third-order valence-electron chi connectivity index (χ3n) is 3.64. The van der Waals surface area contributed by atoms with Gasteiger partial charge in [-0.3, -0.25) is 9.59 Å². The maximum atomic E-state index is 11.9. The first-order chi connectivity index (χ1) is 9.27. The fourth-order valence-electron chi connectivity index (χ4n) is 2.44. The number of allylic oxidation sites excluding steroid dienone is 2. The van der Waals surface area contributed by atoms with Gasteiger partial charge in [-0.05, 0) is 19.3 Å². The lowest BCUT2D eigenvalue weighted by Crippen LogP contribution is -2.42. The van der Waals surface area contributed by atoms with Crippen LogP contribution < -0.4 is 5.32 Å². The molecule has 0 aromatic carbocycles. The Kier molecular flexibility index (Phi) is 5.39. The summed E-state index contributed by atoms with van der Waals surface area (Å²) in [5, 5.41) is 2.87. The molecule has 0 aromatic rings. The van der Waals surface area contributed by atoms with Crippen LogP contribution in [0.5, 0.6) is 0 Å². The van der Waals surface area contributed by atoms with Crippen molar-refractivity contribution >= 4 is 11.8 Å². The minimum atomic E-state index is 0.0825. The summed E-state index contributed by atoms with van der Waals surface area (Å²) in [4.78, 5) is 25.5. The van der Waals surface area contributed by atoms with Gasteiger partial charge in [0.15, 0.2) is 0 Å². The molecule has 1 unspecified atom stereocenters. The lowest BCUT2D eigenvalue weighted by Gasteiger charge is -2.27. The number of morpholine rings is 1. The molecule has 1 atom stereocenters. The minimum absolute atomic E-state index is 0.0825. The van der Waals surface area contributed by atoms with Gasteiger partial charge in [0.1, 0.15) is 0 Å². The molecule has 5 nitrogen and oxygen atoms in total. The monoisotopic (exact) mass is 266 g/mol. The molecule has 2 rings (SSSR count). The Bertz CT molecular complexity index is 349. The summed E-state index contributed by atoms with van der Waals surface area (Å²) in [6.45, 7) is 3.01. The Labute approximate surface area is 114 Å². The number of ether oxygens (including phenoxy) is 1. The van der Waals surface area contributed by atoms with E-state index in [1.807, 2.05) is 0 Å². The van der Waals surface area contributed by atoms with Crippen molar-refractivity contribution in [3.8, 4) is 0 Å². The Balaban J connectivity index is 1.63. The predicted molar refractivity (Wildman–Crippen MR) is 71.5 cm³/mol. The molecule has 5 heteroatoms. The van der Waals surface area contributed by atoms with Crippen LogP contribution >= 0.6 is 0 Å². The van der Waals surface area contributed by atoms with Crippen molar-refractivity contribution in [3.63, 3.8) is 0 Å². The number of nitrogens with one attached hydrogen (secondary N) is 1. The first-order valence-corrected chi connectivity index (χ1v) is 7.05. The SMILES string of the molecule is O=C(NCCC(=O)N1CCOCC1)C1CC=CCC1. The lowest BCUT2D eigenvalue weighted by atomic mass is 9.94. The van der Waals surface area contributed by atoms with Gasteiger partial charge in [0, 0.05) is 32.0 Å². The van der Waals surface area contributed by atoms with Crippen molar-refractivity contribution in [3.05, 3.63) is 12.2 Å². The van der Waals surface area contributed by atoms with Gasteiger partial charge < -0.3 is 15.0 Å². The van der Waals surface area contributed by atoms with E-state index in [0.717, 1.165) is 19.3 Å². The maximum absolute atomic E-state index is 11.9. The highest BCUT2D eigenvalue weighted by atomic mass is 16.5. The highest BCUT2D eigenvalue weighted by molar-refractivity contribution is 5.80. The number of carbonyl (C=O) groups is 2. The number of rotatable bonds is 4. The third kappa shape index (κ3) is 4.35. The smallest absolute Gasteiger partial charge is 0.224 e. The van der Waals surface area contributed by atoms with Crippen LogP contribution in [0.4, 0.5) is 0 Å². The fraction of sp³-hybridized carbons (Fsp3) is 0.714. The summed E-state index contributed by atoms with van der Waals surface area (Å²) in [7, 11) is 0. The molecule has 1 heterocycles. The second kappa shape index (κ2) is 7.28. The number of hydrogen-bond acceptors (Lipinski definition) is 3. The standard InChI is InChI=1S/C14H22N2O3/c17-13(16-8-10-19-11-9-16)6-7-15-14(18)12-4-2-1-3-5-12/h1-2,12H,3-11H2,(H,15,18). The van der Waals surface area contributed by atoms with Crippen molar-refractivity contribution < 1.29 is 14.3 Å². The molecule has 1 saturated heterocycles. The van der Waals surface area contributed by atoms with Crippen LogP contribution in [0.1, 0.15) is 25.7 Å². The van der Waals surface area contributed by atoms with Crippen LogP contribution in [0.25, 0.3) is 0 Å². The highest BCUT2D eigenvalue weighted by Crippen LogP contribution is 2.17. The van der Waals surface area contributed by atoms with E-state index in [4.69, 9.17) is 4.74 Å². The lowest BCUT2D eigenvalue weighted by molar-refractivity contribution is -0.135. The number of hydrogen-bond donors (Lipinski definition) is 1. The molecule has 1 aliphatic heterocycles. The molecule has 1 N–H and O–H groups in total. The van der Waals surface area contributed by atoms with Crippen molar-refractivity contribution in [1.82, 2.24) is 10.2 Å². The Hall–Kier alpha value is -1.36. The van der Waals surface area contributed by atoms with Crippen molar-refractivity contribution in [1.29, 1.82) is 0 Å². The average Bonchev–Trinajstić information content (AvgIpc) is 2.49. The molecule has 0 aromatic heterocycles. The number of amides is 2. The predicted octanol–water partition coefficient (Wildman–Crippen LogP) is 0.708. The van der Waals surface area contributed by atoms with E-state index in [1.165, 1.54) is 0 Å². The molecule has 2 aliphatic rings. The first-order valence-electron chi connectivity index (χ1n) is 7.05. The van der Waals surface area contributed by atoms with Crippen molar-refractivity contribution in [2.75, 3.05) is 32.8 Å². The van der Waals surface area contributed by atoms with Gasteiger partial charge in [-0.1, -0.05) is 12.2 Å². The summed E-state index contributed by atoms with van der Waals surface area (Å²) in [6, 6.07) is 0. The van der Waals surface area contributed by atoms with Gasteiger partial charge in [0.2, 0.25) is 11.8 Å². The second-order valence-electron chi connectivity index (χ2n) is 5.02. The molecule has 106 valence electrons. The molecule has 19 heavy (non-hydrogen) atoms. The number of nitrogens with zero attached hydrogens (tertiary/aromatic N) is 1.